The van der Waals surface area contributed by atoms with Gasteiger partial charge in [0.15, 0.2) is 58.2 Å². The molecule has 0 fully saturated rings. The molecule has 0 radical (unpaired) electrons. The Kier molecular flexibility index (Phi) is 7.33. The maximum absolute atomic E-state index is 14.9. The summed E-state index contributed by atoms with van der Waals surface area (Å²) in [6, 6.07) is 15.5. The van der Waals surface area contributed by atoms with Gasteiger partial charge in [-0.15, -0.1) is 0 Å². The maximum atomic E-state index is 14.9. The molecular weight excluding hydrogens is 513 g/mol. The van der Waals surface area contributed by atoms with E-state index in [0.717, 1.165) is 0 Å². The van der Waals surface area contributed by atoms with Crippen LogP contribution in [0.25, 0.3) is 0 Å². The van der Waals surface area contributed by atoms with Gasteiger partial charge in [0.2, 0.25) is 6.71 Å². The predicted octanol–water partition coefficient (Wildman–Crippen LogP) is 6.52. The number of hydrogen-bond donors (Lipinski definition) is 0. The van der Waals surface area contributed by atoms with Crippen LogP contribution in [0.4, 0.5) is 43.9 Å². The molecule has 11 heteroatoms. The lowest BCUT2D eigenvalue weighted by molar-refractivity contribution is 0.382. The lowest BCUT2D eigenvalue weighted by atomic mass is 9.36. The minimum absolute atomic E-state index is 0.381. The third-order valence-electron chi connectivity index (χ3n) is 6.06. The van der Waals surface area contributed by atoms with Gasteiger partial charge in [-0.1, -0.05) is 67.0 Å². The first-order chi connectivity index (χ1) is 17.6. The van der Waals surface area contributed by atoms with E-state index in [1.165, 1.54) is 24.3 Å². The van der Waals surface area contributed by atoms with Gasteiger partial charge < -0.3 is 0 Å². The Morgan fingerprint density at radius 1 is 0.405 bits per heavy atom. The molecule has 0 atom stereocenters. The van der Waals surface area contributed by atoms with Crippen LogP contribution in [-0.4, -0.2) is 6.71 Å². The highest BCUT2D eigenvalue weighted by Gasteiger charge is 2.41. The minimum Gasteiger partial charge on any atom is -0.204 e. The molecule has 37 heavy (non-hydrogen) atoms. The lowest BCUT2D eigenvalue weighted by Gasteiger charge is -2.25. The monoisotopic (exact) mass is 526 g/mol. The molecule has 0 bridgehead atoms. The third kappa shape index (κ3) is 4.58. The van der Waals surface area contributed by atoms with Crippen LogP contribution in [0.2, 0.25) is 6.32 Å². The van der Waals surface area contributed by atoms with Crippen LogP contribution < -0.4 is 10.9 Å². The molecule has 0 unspecified atom stereocenters. The first-order valence-electron chi connectivity index (χ1n) is 10.7. The Hall–Kier alpha value is -3.76. The van der Waals surface area contributed by atoms with Gasteiger partial charge in [-0.25, -0.2) is 43.9 Å². The summed E-state index contributed by atoms with van der Waals surface area (Å²) < 4.78 is 144. The van der Waals surface area contributed by atoms with E-state index in [1.807, 2.05) is 0 Å². The van der Waals surface area contributed by atoms with E-state index in [2.05, 4.69) is 0 Å². The average Bonchev–Trinajstić information content (AvgIpc) is 2.92. The highest BCUT2D eigenvalue weighted by atomic mass is 19.2. The number of rotatable bonds is 6. The first kappa shape index (κ1) is 26.3. The Bertz CT molecular complexity index is 1290. The van der Waals surface area contributed by atoms with E-state index in [4.69, 9.17) is 0 Å². The molecule has 0 heterocycles. The zero-order valence-electron chi connectivity index (χ0n) is 18.4. The van der Waals surface area contributed by atoms with Crippen molar-refractivity contribution in [3.8, 4) is 0 Å². The van der Waals surface area contributed by atoms with Crippen molar-refractivity contribution in [2.45, 2.75) is 12.2 Å². The maximum Gasteiger partial charge on any atom is 0.226 e. The third-order valence-corrected chi connectivity index (χ3v) is 6.06. The van der Waals surface area contributed by atoms with E-state index < -0.39 is 88.0 Å². The van der Waals surface area contributed by atoms with Crippen LogP contribution in [0.15, 0.2) is 60.7 Å². The van der Waals surface area contributed by atoms with Gasteiger partial charge in [-0.05, 0) is 11.1 Å². The Labute approximate surface area is 204 Å². The number of hydrogen-bond acceptors (Lipinski definition) is 0. The highest BCUT2D eigenvalue weighted by Crippen LogP contribution is 2.32. The molecule has 4 aromatic rings. The number of benzene rings is 4. The fourth-order valence-corrected chi connectivity index (χ4v) is 4.31. The van der Waals surface area contributed by atoms with Gasteiger partial charge in [0.25, 0.3) is 0 Å². The summed E-state index contributed by atoms with van der Waals surface area (Å²) in [5.74, 6) is -25.7. The summed E-state index contributed by atoms with van der Waals surface area (Å²) >= 11 is 0. The van der Waals surface area contributed by atoms with Gasteiger partial charge in [0.1, 0.15) is 0 Å². The molecule has 0 aliphatic carbocycles. The van der Waals surface area contributed by atoms with Crippen molar-refractivity contribution < 1.29 is 43.9 Å². The zero-order valence-corrected chi connectivity index (χ0v) is 18.4. The molecule has 0 nitrogen and oxygen atoms in total. The standard InChI is InChI=1S/C26H13BF10/c28-17-15(18(29)22(33)25(36)21(17)32)27(16-19(30)23(34)26(37)24(35)20(16)31)11-14(12-7-3-1-4-8-12)13-9-5-2-6-10-13/h1-10,14H,11H2. The van der Waals surface area contributed by atoms with Gasteiger partial charge >= 0.3 is 0 Å². The van der Waals surface area contributed by atoms with E-state index in [0.29, 0.717) is 11.1 Å². The van der Waals surface area contributed by atoms with Gasteiger partial charge in [-0.3, -0.25) is 0 Å². The van der Waals surface area contributed by atoms with Crippen LogP contribution in [-0.2, 0) is 0 Å². The summed E-state index contributed by atoms with van der Waals surface area (Å²) in [5.41, 5.74) is -2.69. The lowest BCUT2D eigenvalue weighted by Crippen LogP contribution is -2.51. The van der Waals surface area contributed by atoms with Crippen molar-refractivity contribution >= 4 is 17.6 Å². The van der Waals surface area contributed by atoms with Crippen LogP contribution in [0.5, 0.6) is 0 Å². The van der Waals surface area contributed by atoms with Crippen molar-refractivity contribution in [2.75, 3.05) is 0 Å². The van der Waals surface area contributed by atoms with Crippen LogP contribution >= 0.6 is 0 Å². The molecule has 0 saturated carbocycles. The quantitative estimate of drug-likeness (QED) is 0.116. The van der Waals surface area contributed by atoms with Crippen molar-refractivity contribution in [1.82, 2.24) is 0 Å². The first-order valence-corrected chi connectivity index (χ1v) is 10.7. The molecule has 0 aliphatic rings. The average molecular weight is 526 g/mol. The van der Waals surface area contributed by atoms with Gasteiger partial charge in [0, 0.05) is 16.8 Å². The Morgan fingerprint density at radius 2 is 0.676 bits per heavy atom. The van der Waals surface area contributed by atoms with Gasteiger partial charge in [-0.2, -0.15) is 0 Å². The molecule has 190 valence electrons. The molecule has 4 aromatic carbocycles. The van der Waals surface area contributed by atoms with E-state index in [9.17, 15) is 43.9 Å². The molecule has 4 rings (SSSR count). The second-order valence-electron chi connectivity index (χ2n) is 8.13. The van der Waals surface area contributed by atoms with Crippen molar-refractivity contribution in [3.05, 3.63) is 130 Å². The predicted molar refractivity (Wildman–Crippen MR) is 117 cm³/mol. The largest absolute Gasteiger partial charge is 0.226 e. The Balaban J connectivity index is 2.06. The van der Waals surface area contributed by atoms with Crippen LogP contribution in [0.1, 0.15) is 17.0 Å². The molecule has 0 amide bonds. The van der Waals surface area contributed by atoms with E-state index in [1.54, 1.807) is 36.4 Å². The van der Waals surface area contributed by atoms with Crippen molar-refractivity contribution in [1.29, 1.82) is 0 Å². The topological polar surface area (TPSA) is 0 Å². The summed E-state index contributed by atoms with van der Waals surface area (Å²) in [4.78, 5) is 0. The molecule has 0 aliphatic heterocycles. The smallest absolute Gasteiger partial charge is 0.204 e. The van der Waals surface area contributed by atoms with Crippen molar-refractivity contribution in [2.24, 2.45) is 0 Å². The normalized spacial score (nSPS) is 11.3. The second kappa shape index (κ2) is 10.3. The molecule has 0 aromatic heterocycles. The SMILES string of the molecule is Fc1c(F)c(F)c(B(CC(c2ccccc2)c2ccccc2)c2c(F)c(F)c(F)c(F)c2F)c(F)c1F. The number of halogens is 10. The van der Waals surface area contributed by atoms with E-state index >= 15 is 0 Å². The van der Waals surface area contributed by atoms with E-state index in [-0.39, 0.29) is 0 Å². The van der Waals surface area contributed by atoms with Crippen LogP contribution in [0.3, 0.4) is 0 Å². The Morgan fingerprint density at radius 3 is 0.973 bits per heavy atom. The minimum atomic E-state index is -2.54. The summed E-state index contributed by atoms with van der Waals surface area (Å²) in [6.07, 6.45) is -0.829. The summed E-state index contributed by atoms with van der Waals surface area (Å²) in [6.45, 7) is -2.49. The fraction of sp³-hybridized carbons (Fsp3) is 0.0769. The molecule has 0 spiro atoms. The molecular formula is C26H13BF10. The second-order valence-corrected chi connectivity index (χ2v) is 8.13. The van der Waals surface area contributed by atoms with Crippen LogP contribution in [0, 0.1) is 58.2 Å². The highest BCUT2D eigenvalue weighted by molar-refractivity contribution is 6.85. The summed E-state index contributed by atoms with van der Waals surface area (Å²) in [7, 11) is 0. The summed E-state index contributed by atoms with van der Waals surface area (Å²) in [5, 5.41) is 0. The zero-order chi connectivity index (χ0) is 27.0. The molecule has 0 N–H and O–H groups in total. The van der Waals surface area contributed by atoms with Crippen molar-refractivity contribution in [3.63, 3.8) is 0 Å². The van der Waals surface area contributed by atoms with Gasteiger partial charge in [0.05, 0.1) is 0 Å². The molecule has 0 saturated heterocycles. The fourth-order valence-electron chi connectivity index (χ4n) is 4.31.